The van der Waals surface area contributed by atoms with E-state index in [2.05, 4.69) is 39.0 Å². The van der Waals surface area contributed by atoms with E-state index in [1.807, 2.05) is 17.8 Å². The molecule has 0 fully saturated rings. The molecular formula is C14H19ClN2. The Morgan fingerprint density at radius 2 is 1.71 bits per heavy atom. The number of nitrogens with zero attached hydrogens (tertiary/aromatic N) is 2. The van der Waals surface area contributed by atoms with Gasteiger partial charge in [-0.05, 0) is 29.0 Å². The minimum Gasteiger partial charge on any atom is -0.275 e. The van der Waals surface area contributed by atoms with Crippen LogP contribution in [0.15, 0.2) is 12.3 Å². The molecule has 0 saturated carbocycles. The summed E-state index contributed by atoms with van der Waals surface area (Å²) in [7, 11) is 1.95. The zero-order chi connectivity index (χ0) is 12.7. The molecule has 1 heterocycles. The van der Waals surface area contributed by atoms with Gasteiger partial charge in [0.2, 0.25) is 0 Å². The van der Waals surface area contributed by atoms with Crippen LogP contribution in [-0.4, -0.2) is 9.78 Å². The van der Waals surface area contributed by atoms with Crippen molar-refractivity contribution in [2.24, 2.45) is 7.05 Å². The number of halogens is 1. The summed E-state index contributed by atoms with van der Waals surface area (Å²) in [4.78, 5) is 0. The van der Waals surface area contributed by atoms with Gasteiger partial charge in [-0.2, -0.15) is 5.10 Å². The molecule has 3 heteroatoms. The van der Waals surface area contributed by atoms with Gasteiger partial charge in [0.05, 0.1) is 5.52 Å². The fourth-order valence-electron chi connectivity index (χ4n) is 2.50. The molecular weight excluding hydrogens is 232 g/mol. The van der Waals surface area contributed by atoms with E-state index >= 15 is 0 Å². The van der Waals surface area contributed by atoms with Crippen LogP contribution in [0.25, 0.3) is 10.9 Å². The molecule has 0 aliphatic rings. The molecule has 0 unspecified atom stereocenters. The molecule has 0 saturated heterocycles. The van der Waals surface area contributed by atoms with Crippen molar-refractivity contribution in [1.82, 2.24) is 9.78 Å². The predicted octanol–water partition coefficient (Wildman–Crippen LogP) is 4.47. The second kappa shape index (κ2) is 4.34. The second-order valence-corrected chi connectivity index (χ2v) is 5.64. The topological polar surface area (TPSA) is 17.8 Å². The standard InChI is InChI=1S/C14H19ClN2/c1-8(2)13-10-7-17(5)16-12(10)6-11(15)14(13)9(3)4/h6-9H,1-5H3. The number of aromatic nitrogens is 2. The first-order valence-electron chi connectivity index (χ1n) is 6.07. The van der Waals surface area contributed by atoms with Crippen LogP contribution in [0.2, 0.25) is 5.02 Å². The molecule has 0 N–H and O–H groups in total. The highest BCUT2D eigenvalue weighted by atomic mass is 35.5. The van der Waals surface area contributed by atoms with E-state index in [1.54, 1.807) is 0 Å². The predicted molar refractivity (Wildman–Crippen MR) is 73.9 cm³/mol. The zero-order valence-corrected chi connectivity index (χ0v) is 11.8. The number of fused-ring (bicyclic) bond motifs is 1. The highest BCUT2D eigenvalue weighted by Gasteiger charge is 2.19. The lowest BCUT2D eigenvalue weighted by Crippen LogP contribution is -2.00. The van der Waals surface area contributed by atoms with Gasteiger partial charge in [0.1, 0.15) is 0 Å². The summed E-state index contributed by atoms with van der Waals surface area (Å²) in [6.45, 7) is 8.80. The highest BCUT2D eigenvalue weighted by molar-refractivity contribution is 6.32. The summed E-state index contributed by atoms with van der Waals surface area (Å²) in [5, 5.41) is 6.52. The van der Waals surface area contributed by atoms with Crippen LogP contribution < -0.4 is 0 Å². The van der Waals surface area contributed by atoms with Crippen LogP contribution in [-0.2, 0) is 7.05 Å². The summed E-state index contributed by atoms with van der Waals surface area (Å²) in [6.07, 6.45) is 2.09. The molecule has 92 valence electrons. The Hall–Kier alpha value is -1.02. The van der Waals surface area contributed by atoms with Crippen molar-refractivity contribution >= 4 is 22.5 Å². The van der Waals surface area contributed by atoms with Crippen molar-refractivity contribution < 1.29 is 0 Å². The third kappa shape index (κ3) is 2.06. The van der Waals surface area contributed by atoms with Gasteiger partial charge >= 0.3 is 0 Å². The van der Waals surface area contributed by atoms with Crippen LogP contribution in [0.5, 0.6) is 0 Å². The van der Waals surface area contributed by atoms with Gasteiger partial charge < -0.3 is 0 Å². The van der Waals surface area contributed by atoms with Crippen LogP contribution in [0.4, 0.5) is 0 Å². The maximum absolute atomic E-state index is 6.41. The lowest BCUT2D eigenvalue weighted by molar-refractivity contribution is 0.779. The molecule has 0 spiro atoms. The van der Waals surface area contributed by atoms with Crippen LogP contribution in [0.1, 0.15) is 50.7 Å². The van der Waals surface area contributed by atoms with Crippen LogP contribution >= 0.6 is 11.6 Å². The van der Waals surface area contributed by atoms with Crippen molar-refractivity contribution in [3.05, 3.63) is 28.4 Å². The second-order valence-electron chi connectivity index (χ2n) is 5.23. The van der Waals surface area contributed by atoms with Crippen molar-refractivity contribution in [2.75, 3.05) is 0 Å². The van der Waals surface area contributed by atoms with E-state index in [0.717, 1.165) is 10.5 Å². The Balaban J connectivity index is 2.87. The van der Waals surface area contributed by atoms with Crippen molar-refractivity contribution in [3.63, 3.8) is 0 Å². The molecule has 1 aromatic carbocycles. The first-order chi connectivity index (χ1) is 7.91. The molecule has 17 heavy (non-hydrogen) atoms. The Morgan fingerprint density at radius 3 is 2.24 bits per heavy atom. The molecule has 0 atom stereocenters. The molecule has 2 nitrogen and oxygen atoms in total. The van der Waals surface area contributed by atoms with Crippen molar-refractivity contribution in [1.29, 1.82) is 0 Å². The molecule has 0 aliphatic carbocycles. The minimum absolute atomic E-state index is 0.435. The van der Waals surface area contributed by atoms with Crippen molar-refractivity contribution in [3.8, 4) is 0 Å². The van der Waals surface area contributed by atoms with Gasteiger partial charge in [0, 0.05) is 23.7 Å². The third-order valence-corrected chi connectivity index (χ3v) is 3.43. The zero-order valence-electron chi connectivity index (χ0n) is 11.1. The SMILES string of the molecule is CC(C)c1c(Cl)cc2nn(C)cc2c1C(C)C. The Kier molecular flexibility index (Phi) is 3.17. The van der Waals surface area contributed by atoms with Gasteiger partial charge in [-0.25, -0.2) is 0 Å². The summed E-state index contributed by atoms with van der Waals surface area (Å²) >= 11 is 6.41. The summed E-state index contributed by atoms with van der Waals surface area (Å²) in [5.41, 5.74) is 3.60. The maximum Gasteiger partial charge on any atom is 0.0941 e. The molecule has 1 aromatic heterocycles. The summed E-state index contributed by atoms with van der Waals surface area (Å²) < 4.78 is 1.86. The van der Waals surface area contributed by atoms with Crippen LogP contribution in [0.3, 0.4) is 0 Å². The first-order valence-corrected chi connectivity index (χ1v) is 6.45. The molecule has 2 rings (SSSR count). The summed E-state index contributed by atoms with van der Waals surface area (Å²) in [5.74, 6) is 0.891. The largest absolute Gasteiger partial charge is 0.275 e. The van der Waals surface area contributed by atoms with Gasteiger partial charge in [0.15, 0.2) is 0 Å². The van der Waals surface area contributed by atoms with E-state index < -0.39 is 0 Å². The fourth-order valence-corrected chi connectivity index (χ4v) is 2.92. The van der Waals surface area contributed by atoms with E-state index in [9.17, 15) is 0 Å². The van der Waals surface area contributed by atoms with E-state index in [-0.39, 0.29) is 0 Å². The first kappa shape index (κ1) is 12.4. The average molecular weight is 251 g/mol. The molecule has 2 aromatic rings. The molecule has 0 bridgehead atoms. The highest BCUT2D eigenvalue weighted by Crippen LogP contribution is 2.37. The van der Waals surface area contributed by atoms with Crippen LogP contribution in [0, 0.1) is 0 Å². The molecule has 0 radical (unpaired) electrons. The number of hydrogen-bond acceptors (Lipinski definition) is 1. The monoisotopic (exact) mass is 250 g/mol. The third-order valence-electron chi connectivity index (χ3n) is 3.11. The minimum atomic E-state index is 0.435. The van der Waals surface area contributed by atoms with Gasteiger partial charge in [0.25, 0.3) is 0 Å². The van der Waals surface area contributed by atoms with Gasteiger partial charge in [-0.1, -0.05) is 39.3 Å². The van der Waals surface area contributed by atoms with E-state index in [1.165, 1.54) is 16.5 Å². The smallest absolute Gasteiger partial charge is 0.0941 e. The van der Waals surface area contributed by atoms with Gasteiger partial charge in [-0.3, -0.25) is 4.68 Å². The number of benzene rings is 1. The average Bonchev–Trinajstić information content (AvgIpc) is 2.54. The number of aryl methyl sites for hydroxylation is 1. The Morgan fingerprint density at radius 1 is 1.12 bits per heavy atom. The quantitative estimate of drug-likeness (QED) is 0.769. The van der Waals surface area contributed by atoms with E-state index in [0.29, 0.717) is 11.8 Å². The Labute approximate surface area is 108 Å². The lowest BCUT2D eigenvalue weighted by Gasteiger charge is -2.18. The lowest BCUT2D eigenvalue weighted by atomic mass is 9.88. The van der Waals surface area contributed by atoms with Gasteiger partial charge in [-0.15, -0.1) is 0 Å². The maximum atomic E-state index is 6.41. The fraction of sp³-hybridized carbons (Fsp3) is 0.500. The van der Waals surface area contributed by atoms with Crippen molar-refractivity contribution in [2.45, 2.75) is 39.5 Å². The number of hydrogen-bond donors (Lipinski definition) is 0. The molecule has 0 aliphatic heterocycles. The number of rotatable bonds is 2. The normalized spacial score (nSPS) is 12.0. The molecule has 0 amide bonds. The summed E-state index contributed by atoms with van der Waals surface area (Å²) in [6, 6.07) is 1.98. The van der Waals surface area contributed by atoms with E-state index in [4.69, 9.17) is 11.6 Å². The Bertz CT molecular complexity index is 553.